The van der Waals surface area contributed by atoms with Gasteiger partial charge in [0.15, 0.2) is 11.6 Å². The first-order valence-electron chi connectivity index (χ1n) is 6.22. The maximum atomic E-state index is 13.6. The summed E-state index contributed by atoms with van der Waals surface area (Å²) in [4.78, 5) is -0.317. The van der Waals surface area contributed by atoms with Gasteiger partial charge in [0.2, 0.25) is 10.0 Å². The summed E-state index contributed by atoms with van der Waals surface area (Å²) in [5, 5.41) is 0. The zero-order valence-electron chi connectivity index (χ0n) is 11.2. The number of nitrogens with two attached hydrogens (primary N) is 1. The van der Waals surface area contributed by atoms with Crippen molar-refractivity contribution in [2.75, 3.05) is 13.1 Å². The van der Waals surface area contributed by atoms with Crippen molar-refractivity contribution >= 4 is 10.0 Å². The second-order valence-corrected chi connectivity index (χ2v) is 6.87. The molecule has 0 aliphatic carbocycles. The van der Waals surface area contributed by atoms with E-state index in [9.17, 15) is 21.6 Å². The van der Waals surface area contributed by atoms with Gasteiger partial charge in [0.25, 0.3) is 0 Å². The van der Waals surface area contributed by atoms with Gasteiger partial charge in [-0.15, -0.1) is 0 Å². The Balaban J connectivity index is 2.27. The van der Waals surface area contributed by atoms with E-state index in [1.807, 2.05) is 6.92 Å². The Morgan fingerprint density at radius 1 is 1.38 bits per heavy atom. The third-order valence-corrected chi connectivity index (χ3v) is 5.22. The Kier molecular flexibility index (Phi) is 4.45. The monoisotopic (exact) mass is 324 g/mol. The summed E-state index contributed by atoms with van der Waals surface area (Å²) in [6.07, 6.45) is 0. The Labute approximate surface area is 120 Å². The summed E-state index contributed by atoms with van der Waals surface area (Å²) >= 11 is 0. The number of rotatable bonds is 4. The molecule has 0 bridgehead atoms. The maximum absolute atomic E-state index is 13.6. The molecule has 0 saturated carbocycles. The standard InChI is InChI=1S/C12H15F3N2O3S/c1-7-5-17(6-10(7)16)21(18,19)8-2-3-11(9(13)4-8)20-12(14)15/h2-4,7,10,12H,5-6,16H2,1H3. The van der Waals surface area contributed by atoms with E-state index < -0.39 is 28.2 Å². The summed E-state index contributed by atoms with van der Waals surface area (Å²) in [5.41, 5.74) is 5.77. The van der Waals surface area contributed by atoms with Gasteiger partial charge in [-0.1, -0.05) is 6.92 Å². The molecule has 0 spiro atoms. The fourth-order valence-corrected chi connectivity index (χ4v) is 3.72. The molecule has 5 nitrogen and oxygen atoms in total. The fourth-order valence-electron chi connectivity index (χ4n) is 2.13. The van der Waals surface area contributed by atoms with Crippen LogP contribution in [0, 0.1) is 11.7 Å². The first-order chi connectivity index (χ1) is 9.71. The highest BCUT2D eigenvalue weighted by molar-refractivity contribution is 7.89. The molecule has 2 atom stereocenters. The van der Waals surface area contributed by atoms with Crippen molar-refractivity contribution in [1.29, 1.82) is 0 Å². The largest absolute Gasteiger partial charge is 0.432 e. The van der Waals surface area contributed by atoms with Gasteiger partial charge >= 0.3 is 6.61 Å². The lowest BCUT2D eigenvalue weighted by Gasteiger charge is -2.16. The van der Waals surface area contributed by atoms with E-state index in [1.54, 1.807) is 0 Å². The number of nitrogens with zero attached hydrogens (tertiary/aromatic N) is 1. The Morgan fingerprint density at radius 2 is 2.05 bits per heavy atom. The van der Waals surface area contributed by atoms with Crippen LogP contribution in [0.3, 0.4) is 0 Å². The topological polar surface area (TPSA) is 72.6 Å². The predicted octanol–water partition coefficient (Wildman–Crippen LogP) is 1.39. The summed E-state index contributed by atoms with van der Waals surface area (Å²) in [6, 6.07) is 2.28. The van der Waals surface area contributed by atoms with Crippen molar-refractivity contribution in [3.63, 3.8) is 0 Å². The fraction of sp³-hybridized carbons (Fsp3) is 0.500. The molecule has 0 aromatic heterocycles. The summed E-state index contributed by atoms with van der Waals surface area (Å²) in [5.74, 6) is -1.87. The number of hydrogen-bond donors (Lipinski definition) is 1. The Hall–Kier alpha value is -1.32. The number of benzene rings is 1. The van der Waals surface area contributed by atoms with Crippen LogP contribution in [-0.2, 0) is 10.0 Å². The van der Waals surface area contributed by atoms with E-state index in [4.69, 9.17) is 5.73 Å². The molecule has 1 aliphatic heterocycles. The molecule has 9 heteroatoms. The first-order valence-corrected chi connectivity index (χ1v) is 7.66. The average molecular weight is 324 g/mol. The van der Waals surface area contributed by atoms with Crippen LogP contribution in [0.1, 0.15) is 6.92 Å². The molecule has 21 heavy (non-hydrogen) atoms. The third-order valence-electron chi connectivity index (χ3n) is 3.39. The summed E-state index contributed by atoms with van der Waals surface area (Å²) in [6.45, 7) is -0.986. The zero-order valence-corrected chi connectivity index (χ0v) is 12.0. The van der Waals surface area contributed by atoms with Crippen molar-refractivity contribution in [1.82, 2.24) is 4.31 Å². The van der Waals surface area contributed by atoms with E-state index >= 15 is 0 Å². The van der Waals surface area contributed by atoms with Crippen molar-refractivity contribution in [2.45, 2.75) is 24.5 Å². The minimum atomic E-state index is -3.90. The first kappa shape index (κ1) is 16.1. The Bertz CT molecular complexity index is 614. The molecular formula is C12H15F3N2O3S. The van der Waals surface area contributed by atoms with Crippen LogP contribution < -0.4 is 10.5 Å². The molecule has 1 aliphatic rings. The van der Waals surface area contributed by atoms with Crippen LogP contribution in [0.4, 0.5) is 13.2 Å². The van der Waals surface area contributed by atoms with Crippen LogP contribution in [0.25, 0.3) is 0 Å². The van der Waals surface area contributed by atoms with E-state index in [2.05, 4.69) is 4.74 Å². The molecule has 0 radical (unpaired) electrons. The van der Waals surface area contributed by atoms with Crippen LogP contribution in [0.2, 0.25) is 0 Å². The molecule has 2 rings (SSSR count). The number of alkyl halides is 2. The highest BCUT2D eigenvalue weighted by Crippen LogP contribution is 2.27. The normalized spacial score (nSPS) is 23.7. The van der Waals surface area contributed by atoms with Gasteiger partial charge in [0.1, 0.15) is 0 Å². The molecule has 1 aromatic rings. The molecule has 1 heterocycles. The molecule has 2 N–H and O–H groups in total. The molecular weight excluding hydrogens is 309 g/mol. The second kappa shape index (κ2) is 5.82. The van der Waals surface area contributed by atoms with Gasteiger partial charge in [-0.25, -0.2) is 12.8 Å². The Morgan fingerprint density at radius 3 is 2.52 bits per heavy atom. The zero-order chi connectivity index (χ0) is 15.8. The minimum absolute atomic E-state index is 0.00828. The number of halogens is 3. The van der Waals surface area contributed by atoms with Crippen molar-refractivity contribution in [3.8, 4) is 5.75 Å². The average Bonchev–Trinajstić information content (AvgIpc) is 2.72. The van der Waals surface area contributed by atoms with Crippen molar-refractivity contribution in [2.24, 2.45) is 11.7 Å². The van der Waals surface area contributed by atoms with Gasteiger partial charge in [0.05, 0.1) is 4.90 Å². The van der Waals surface area contributed by atoms with Crippen LogP contribution >= 0.6 is 0 Å². The SMILES string of the molecule is CC1CN(S(=O)(=O)c2ccc(OC(F)F)c(F)c2)CC1N. The molecule has 1 saturated heterocycles. The van der Waals surface area contributed by atoms with Gasteiger partial charge in [-0.05, 0) is 24.1 Å². The molecule has 1 aromatic carbocycles. The highest BCUT2D eigenvalue weighted by Gasteiger charge is 2.35. The lowest BCUT2D eigenvalue weighted by Crippen LogP contribution is -2.32. The van der Waals surface area contributed by atoms with Crippen molar-refractivity contribution < 1.29 is 26.3 Å². The second-order valence-electron chi connectivity index (χ2n) is 4.93. The molecule has 2 unspecified atom stereocenters. The quantitative estimate of drug-likeness (QED) is 0.908. The van der Waals surface area contributed by atoms with Crippen LogP contribution in [0.5, 0.6) is 5.75 Å². The van der Waals surface area contributed by atoms with E-state index in [0.29, 0.717) is 6.07 Å². The van der Waals surface area contributed by atoms with Gasteiger partial charge in [-0.3, -0.25) is 0 Å². The van der Waals surface area contributed by atoms with Gasteiger partial charge < -0.3 is 10.5 Å². The number of ether oxygens (including phenoxy) is 1. The molecule has 1 fully saturated rings. The van der Waals surface area contributed by atoms with Crippen LogP contribution in [0.15, 0.2) is 23.1 Å². The molecule has 0 amide bonds. The molecule has 118 valence electrons. The van der Waals surface area contributed by atoms with E-state index in [1.165, 1.54) is 0 Å². The maximum Gasteiger partial charge on any atom is 0.387 e. The smallest absolute Gasteiger partial charge is 0.387 e. The van der Waals surface area contributed by atoms with Gasteiger partial charge in [-0.2, -0.15) is 13.1 Å². The predicted molar refractivity (Wildman–Crippen MR) is 68.9 cm³/mol. The summed E-state index contributed by atoms with van der Waals surface area (Å²) in [7, 11) is -3.90. The van der Waals surface area contributed by atoms with E-state index in [0.717, 1.165) is 16.4 Å². The number of sulfonamides is 1. The third kappa shape index (κ3) is 3.30. The van der Waals surface area contributed by atoms with Gasteiger partial charge in [0, 0.05) is 19.1 Å². The summed E-state index contributed by atoms with van der Waals surface area (Å²) < 4.78 is 67.4. The van der Waals surface area contributed by atoms with Crippen LogP contribution in [-0.4, -0.2) is 38.5 Å². The minimum Gasteiger partial charge on any atom is -0.432 e. The van der Waals surface area contributed by atoms with Crippen molar-refractivity contribution in [3.05, 3.63) is 24.0 Å². The van der Waals surface area contributed by atoms with E-state index in [-0.39, 0.29) is 29.9 Å². The lowest BCUT2D eigenvalue weighted by molar-refractivity contribution is -0.0522. The highest BCUT2D eigenvalue weighted by atomic mass is 32.2. The number of hydrogen-bond acceptors (Lipinski definition) is 4. The lowest BCUT2D eigenvalue weighted by atomic mass is 10.1.